The highest BCUT2D eigenvalue weighted by atomic mass is 16.5. The van der Waals surface area contributed by atoms with Crippen LogP contribution in [0.1, 0.15) is 24.8 Å². The lowest BCUT2D eigenvalue weighted by molar-refractivity contribution is -0.125. The third kappa shape index (κ3) is 2.60. The number of hydrogen-bond donors (Lipinski definition) is 3. The van der Waals surface area contributed by atoms with E-state index in [9.17, 15) is 4.79 Å². The number of nitrogens with zero attached hydrogens (tertiary/aromatic N) is 1. The third-order valence-corrected chi connectivity index (χ3v) is 3.74. The van der Waals surface area contributed by atoms with Gasteiger partial charge in [0.15, 0.2) is 5.84 Å². The van der Waals surface area contributed by atoms with Gasteiger partial charge in [-0.15, -0.1) is 0 Å². The predicted octanol–water partition coefficient (Wildman–Crippen LogP) is 1.69. The molecule has 0 aliphatic heterocycles. The summed E-state index contributed by atoms with van der Waals surface area (Å²) in [6.45, 7) is 0.481. The van der Waals surface area contributed by atoms with E-state index in [1.807, 2.05) is 18.2 Å². The fraction of sp³-hybridized carbons (Fsp3) is 0.429. The molecule has 0 unspecified atom stereocenters. The maximum Gasteiger partial charge on any atom is 0.238 e. The zero-order valence-corrected chi connectivity index (χ0v) is 11.4. The predicted molar refractivity (Wildman–Crippen MR) is 75.5 cm³/mol. The molecule has 1 aliphatic rings. The second-order valence-electron chi connectivity index (χ2n) is 5.01. The molecule has 1 aliphatic carbocycles. The van der Waals surface area contributed by atoms with E-state index in [-0.39, 0.29) is 11.7 Å². The van der Waals surface area contributed by atoms with Crippen molar-refractivity contribution in [3.63, 3.8) is 0 Å². The van der Waals surface area contributed by atoms with Crippen molar-refractivity contribution in [3.8, 4) is 0 Å². The van der Waals surface area contributed by atoms with E-state index in [1.54, 1.807) is 13.2 Å². The maximum atomic E-state index is 12.4. The van der Waals surface area contributed by atoms with Crippen LogP contribution in [0.15, 0.2) is 29.4 Å². The molecular formula is C14H19N3O3. The van der Waals surface area contributed by atoms with Gasteiger partial charge in [0.05, 0.1) is 6.61 Å². The van der Waals surface area contributed by atoms with Crippen molar-refractivity contribution in [2.24, 2.45) is 16.3 Å². The van der Waals surface area contributed by atoms with Crippen LogP contribution in [0.4, 0.5) is 5.69 Å². The summed E-state index contributed by atoms with van der Waals surface area (Å²) in [5.41, 5.74) is 6.45. The molecule has 0 spiro atoms. The van der Waals surface area contributed by atoms with E-state index in [0.29, 0.717) is 25.1 Å². The molecule has 0 radical (unpaired) electrons. The molecule has 0 bridgehead atoms. The Hall–Kier alpha value is -2.08. The van der Waals surface area contributed by atoms with Crippen LogP contribution in [0.25, 0.3) is 0 Å². The number of ether oxygens (including phenoxy) is 1. The van der Waals surface area contributed by atoms with Gasteiger partial charge in [0.1, 0.15) is 5.41 Å². The van der Waals surface area contributed by atoms with Crippen molar-refractivity contribution in [2.45, 2.75) is 25.9 Å². The van der Waals surface area contributed by atoms with Crippen molar-refractivity contribution >= 4 is 17.4 Å². The smallest absolute Gasteiger partial charge is 0.238 e. The van der Waals surface area contributed by atoms with E-state index in [2.05, 4.69) is 10.5 Å². The molecule has 20 heavy (non-hydrogen) atoms. The molecule has 6 heteroatoms. The topological polar surface area (TPSA) is 96.9 Å². The number of amidine groups is 1. The van der Waals surface area contributed by atoms with Gasteiger partial charge in [-0.05, 0) is 30.5 Å². The molecule has 6 nitrogen and oxygen atoms in total. The van der Waals surface area contributed by atoms with Crippen LogP contribution in [0, 0.1) is 5.41 Å². The molecule has 1 aromatic rings. The number of hydrogen-bond acceptors (Lipinski definition) is 4. The molecule has 4 N–H and O–H groups in total. The summed E-state index contributed by atoms with van der Waals surface area (Å²) in [4.78, 5) is 12.4. The minimum Gasteiger partial charge on any atom is -0.409 e. The van der Waals surface area contributed by atoms with Crippen LogP contribution in [0.5, 0.6) is 0 Å². The number of benzene rings is 1. The van der Waals surface area contributed by atoms with E-state index >= 15 is 0 Å². The Morgan fingerprint density at radius 2 is 2.30 bits per heavy atom. The molecule has 108 valence electrons. The zero-order valence-electron chi connectivity index (χ0n) is 11.4. The van der Waals surface area contributed by atoms with Gasteiger partial charge in [0, 0.05) is 12.8 Å². The summed E-state index contributed by atoms with van der Waals surface area (Å²) in [6.07, 6.45) is 2.10. The van der Waals surface area contributed by atoms with Gasteiger partial charge in [-0.25, -0.2) is 0 Å². The quantitative estimate of drug-likeness (QED) is 0.330. The number of carbonyl (C=O) groups is 1. The van der Waals surface area contributed by atoms with Crippen LogP contribution in [0.2, 0.25) is 0 Å². The van der Waals surface area contributed by atoms with E-state index < -0.39 is 5.41 Å². The summed E-state index contributed by atoms with van der Waals surface area (Å²) in [6, 6.07) is 7.42. The van der Waals surface area contributed by atoms with E-state index in [0.717, 1.165) is 12.0 Å². The Kier molecular flexibility index (Phi) is 4.24. The van der Waals surface area contributed by atoms with Crippen molar-refractivity contribution in [3.05, 3.63) is 29.8 Å². The van der Waals surface area contributed by atoms with E-state index in [4.69, 9.17) is 15.7 Å². The number of nitrogens with two attached hydrogens (primary N) is 1. The van der Waals surface area contributed by atoms with Crippen molar-refractivity contribution < 1.29 is 14.7 Å². The molecule has 0 aromatic heterocycles. The number of anilines is 1. The van der Waals surface area contributed by atoms with Gasteiger partial charge < -0.3 is 21.0 Å². The maximum absolute atomic E-state index is 12.4. The number of methoxy groups -OCH3 is 1. The Labute approximate surface area is 117 Å². The highest BCUT2D eigenvalue weighted by molar-refractivity contribution is 6.12. The molecule has 0 saturated heterocycles. The number of rotatable bonds is 5. The summed E-state index contributed by atoms with van der Waals surface area (Å²) >= 11 is 0. The Bertz CT molecular complexity index is 524. The molecule has 1 saturated carbocycles. The first-order valence-electron chi connectivity index (χ1n) is 6.50. The molecule has 1 aromatic carbocycles. The largest absolute Gasteiger partial charge is 0.409 e. The van der Waals surface area contributed by atoms with Gasteiger partial charge in [-0.2, -0.15) is 0 Å². The van der Waals surface area contributed by atoms with Crippen LogP contribution < -0.4 is 11.1 Å². The van der Waals surface area contributed by atoms with Crippen molar-refractivity contribution in [2.75, 3.05) is 12.4 Å². The molecule has 2 rings (SSSR count). The second kappa shape index (κ2) is 5.92. The van der Waals surface area contributed by atoms with Gasteiger partial charge in [-0.3, -0.25) is 4.79 Å². The first-order chi connectivity index (χ1) is 9.62. The van der Waals surface area contributed by atoms with Crippen LogP contribution in [-0.2, 0) is 16.1 Å². The van der Waals surface area contributed by atoms with E-state index in [1.165, 1.54) is 0 Å². The van der Waals surface area contributed by atoms with Gasteiger partial charge in [-0.1, -0.05) is 23.7 Å². The Balaban J connectivity index is 2.13. The minimum absolute atomic E-state index is 0.0192. The average Bonchev–Trinajstić information content (AvgIpc) is 2.38. The summed E-state index contributed by atoms with van der Waals surface area (Å²) in [7, 11) is 1.62. The number of oxime groups is 1. The van der Waals surface area contributed by atoms with Crippen LogP contribution in [0.3, 0.4) is 0 Å². The van der Waals surface area contributed by atoms with Gasteiger partial charge in [0.25, 0.3) is 0 Å². The molecule has 1 fully saturated rings. The first kappa shape index (κ1) is 14.3. The minimum atomic E-state index is -0.869. The molecule has 0 heterocycles. The molecule has 0 atom stereocenters. The lowest BCUT2D eigenvalue weighted by atomic mass is 9.67. The monoisotopic (exact) mass is 277 g/mol. The Morgan fingerprint density at radius 3 is 2.85 bits per heavy atom. The first-order valence-corrected chi connectivity index (χ1v) is 6.50. The second-order valence-corrected chi connectivity index (χ2v) is 5.01. The SMILES string of the molecule is COCc1cccc(NC(=O)C2(/C(N)=N/O)CCC2)c1. The van der Waals surface area contributed by atoms with Gasteiger partial charge >= 0.3 is 0 Å². The lowest BCUT2D eigenvalue weighted by Crippen LogP contribution is -2.51. The zero-order chi connectivity index (χ0) is 14.6. The lowest BCUT2D eigenvalue weighted by Gasteiger charge is -2.38. The van der Waals surface area contributed by atoms with Crippen LogP contribution >= 0.6 is 0 Å². The normalized spacial score (nSPS) is 17.4. The molecular weight excluding hydrogens is 258 g/mol. The van der Waals surface area contributed by atoms with Crippen molar-refractivity contribution in [1.29, 1.82) is 0 Å². The highest BCUT2D eigenvalue weighted by Gasteiger charge is 2.48. The number of nitrogens with one attached hydrogen (secondary N) is 1. The highest BCUT2D eigenvalue weighted by Crippen LogP contribution is 2.42. The summed E-state index contributed by atoms with van der Waals surface area (Å²) in [5, 5.41) is 14.7. The standard InChI is InChI=1S/C14H19N3O3/c1-20-9-10-4-2-5-11(8-10)16-13(18)14(6-3-7-14)12(15)17-19/h2,4-5,8,19H,3,6-7,9H2,1H3,(H2,15,17)(H,16,18). The average molecular weight is 277 g/mol. The fourth-order valence-electron chi connectivity index (χ4n) is 2.38. The van der Waals surface area contributed by atoms with Gasteiger partial charge in [0.2, 0.25) is 5.91 Å². The molecule has 1 amide bonds. The number of amides is 1. The number of carbonyl (C=O) groups excluding carboxylic acids is 1. The third-order valence-electron chi connectivity index (χ3n) is 3.74. The van der Waals surface area contributed by atoms with Crippen LogP contribution in [-0.4, -0.2) is 24.1 Å². The fourth-order valence-corrected chi connectivity index (χ4v) is 2.38. The summed E-state index contributed by atoms with van der Waals surface area (Å²) in [5.74, 6) is -0.247. The Morgan fingerprint density at radius 1 is 1.55 bits per heavy atom. The van der Waals surface area contributed by atoms with Crippen molar-refractivity contribution in [1.82, 2.24) is 0 Å². The summed E-state index contributed by atoms with van der Waals surface area (Å²) < 4.78 is 5.06.